The van der Waals surface area contributed by atoms with Crippen molar-refractivity contribution >= 4 is 11.9 Å². The number of nitrogens with one attached hydrogen (secondary N) is 1. The van der Waals surface area contributed by atoms with Crippen LogP contribution in [0.2, 0.25) is 0 Å². The molecular weight excluding hydrogens is 268 g/mol. The Kier molecular flexibility index (Phi) is 6.37. The first kappa shape index (κ1) is 17.2. The monoisotopic (exact) mass is 292 g/mol. The molecule has 0 fully saturated rings. The maximum Gasteiger partial charge on any atom is 0.335 e. The minimum atomic E-state index is -0.934. The van der Waals surface area contributed by atoms with Crippen LogP contribution in [0.4, 0.5) is 0 Å². The summed E-state index contributed by atoms with van der Waals surface area (Å²) >= 11 is 0. The van der Waals surface area contributed by atoms with Gasteiger partial charge in [0.1, 0.15) is 0 Å². The topological polar surface area (TPSA) is 69.6 Å². The van der Waals surface area contributed by atoms with E-state index in [2.05, 4.69) is 19.2 Å². The first-order valence-corrected chi connectivity index (χ1v) is 7.11. The largest absolute Gasteiger partial charge is 0.478 e. The fourth-order valence-electron chi connectivity index (χ4n) is 1.83. The van der Waals surface area contributed by atoms with Gasteiger partial charge in [0.15, 0.2) is 0 Å². The number of hydrogen-bond acceptors (Lipinski definition) is 3. The molecule has 1 unspecified atom stereocenters. The van der Waals surface area contributed by atoms with E-state index < -0.39 is 5.97 Å². The molecule has 1 amide bonds. The SMILES string of the molecule is CC(C)CNC(=O)C(C)N(C)Cc1ccc(C(=O)O)cc1. The van der Waals surface area contributed by atoms with Crippen LogP contribution in [0.1, 0.15) is 36.7 Å². The maximum absolute atomic E-state index is 12.0. The zero-order valence-corrected chi connectivity index (χ0v) is 13.1. The van der Waals surface area contributed by atoms with Gasteiger partial charge in [-0.25, -0.2) is 4.79 Å². The van der Waals surface area contributed by atoms with Crippen molar-refractivity contribution in [1.29, 1.82) is 0 Å². The molecule has 0 heterocycles. The summed E-state index contributed by atoms with van der Waals surface area (Å²) < 4.78 is 0. The number of carboxylic acids is 1. The highest BCUT2D eigenvalue weighted by Crippen LogP contribution is 2.09. The highest BCUT2D eigenvalue weighted by molar-refractivity contribution is 5.87. The first-order chi connectivity index (χ1) is 9.81. The molecule has 0 saturated heterocycles. The third-order valence-electron chi connectivity index (χ3n) is 3.36. The van der Waals surface area contributed by atoms with Gasteiger partial charge in [-0.15, -0.1) is 0 Å². The molecular formula is C16H24N2O3. The number of benzene rings is 1. The Hall–Kier alpha value is -1.88. The van der Waals surface area contributed by atoms with E-state index in [0.717, 1.165) is 5.56 Å². The fraction of sp³-hybridized carbons (Fsp3) is 0.500. The van der Waals surface area contributed by atoms with Gasteiger partial charge in [0, 0.05) is 13.1 Å². The van der Waals surface area contributed by atoms with Gasteiger partial charge < -0.3 is 10.4 Å². The average molecular weight is 292 g/mol. The van der Waals surface area contributed by atoms with Gasteiger partial charge in [-0.2, -0.15) is 0 Å². The van der Waals surface area contributed by atoms with E-state index in [9.17, 15) is 9.59 Å². The third-order valence-corrected chi connectivity index (χ3v) is 3.36. The van der Waals surface area contributed by atoms with Crippen LogP contribution in [0, 0.1) is 5.92 Å². The molecule has 116 valence electrons. The Morgan fingerprint density at radius 2 is 1.76 bits per heavy atom. The van der Waals surface area contributed by atoms with E-state index in [4.69, 9.17) is 5.11 Å². The number of amides is 1. The molecule has 0 aliphatic carbocycles. The van der Waals surface area contributed by atoms with Crippen LogP contribution in [0.15, 0.2) is 24.3 Å². The quantitative estimate of drug-likeness (QED) is 0.806. The molecule has 1 rings (SSSR count). The summed E-state index contributed by atoms with van der Waals surface area (Å²) in [6.07, 6.45) is 0. The summed E-state index contributed by atoms with van der Waals surface area (Å²) in [5.41, 5.74) is 1.25. The van der Waals surface area contributed by atoms with Crippen LogP contribution in [0.25, 0.3) is 0 Å². The van der Waals surface area contributed by atoms with Crippen LogP contribution < -0.4 is 5.32 Å². The van der Waals surface area contributed by atoms with Gasteiger partial charge >= 0.3 is 5.97 Å². The Balaban J connectivity index is 2.57. The Morgan fingerprint density at radius 3 is 2.24 bits per heavy atom. The second kappa shape index (κ2) is 7.78. The smallest absolute Gasteiger partial charge is 0.335 e. The second-order valence-corrected chi connectivity index (χ2v) is 5.73. The van der Waals surface area contributed by atoms with Crippen molar-refractivity contribution in [2.75, 3.05) is 13.6 Å². The summed E-state index contributed by atoms with van der Waals surface area (Å²) in [5.74, 6) is -0.500. The van der Waals surface area contributed by atoms with Gasteiger partial charge in [-0.05, 0) is 37.6 Å². The van der Waals surface area contributed by atoms with Crippen molar-refractivity contribution in [3.05, 3.63) is 35.4 Å². The van der Waals surface area contributed by atoms with Crippen molar-refractivity contribution in [2.45, 2.75) is 33.4 Å². The minimum Gasteiger partial charge on any atom is -0.478 e. The van der Waals surface area contributed by atoms with Gasteiger partial charge in [0.25, 0.3) is 0 Å². The molecule has 0 bridgehead atoms. The lowest BCUT2D eigenvalue weighted by molar-refractivity contribution is -0.125. The molecule has 0 spiro atoms. The van der Waals surface area contributed by atoms with E-state index in [1.807, 2.05) is 18.9 Å². The van der Waals surface area contributed by atoms with Crippen molar-refractivity contribution in [3.8, 4) is 0 Å². The van der Waals surface area contributed by atoms with Gasteiger partial charge in [0.05, 0.1) is 11.6 Å². The maximum atomic E-state index is 12.0. The third kappa shape index (κ3) is 5.55. The van der Waals surface area contributed by atoms with Gasteiger partial charge in [0.2, 0.25) is 5.91 Å². The lowest BCUT2D eigenvalue weighted by Crippen LogP contribution is -2.43. The predicted molar refractivity (Wildman–Crippen MR) is 82.2 cm³/mol. The molecule has 1 aromatic carbocycles. The molecule has 0 aromatic heterocycles. The summed E-state index contributed by atoms with van der Waals surface area (Å²) in [7, 11) is 1.88. The Bertz CT molecular complexity index is 483. The van der Waals surface area contributed by atoms with E-state index in [1.165, 1.54) is 0 Å². The summed E-state index contributed by atoms with van der Waals surface area (Å²) in [4.78, 5) is 24.7. The lowest BCUT2D eigenvalue weighted by atomic mass is 10.1. The molecule has 5 nitrogen and oxygen atoms in total. The highest BCUT2D eigenvalue weighted by atomic mass is 16.4. The van der Waals surface area contributed by atoms with Crippen molar-refractivity contribution in [3.63, 3.8) is 0 Å². The van der Waals surface area contributed by atoms with Crippen LogP contribution in [0.5, 0.6) is 0 Å². The van der Waals surface area contributed by atoms with Crippen molar-refractivity contribution in [2.24, 2.45) is 5.92 Å². The molecule has 0 aliphatic rings. The average Bonchev–Trinajstić information content (AvgIpc) is 2.44. The summed E-state index contributed by atoms with van der Waals surface area (Å²) in [6.45, 7) is 7.24. The minimum absolute atomic E-state index is 0.00774. The number of nitrogens with zero attached hydrogens (tertiary/aromatic N) is 1. The molecule has 1 atom stereocenters. The standard InChI is InChI=1S/C16H24N2O3/c1-11(2)9-17-15(19)12(3)18(4)10-13-5-7-14(8-6-13)16(20)21/h5-8,11-12H,9-10H2,1-4H3,(H,17,19)(H,20,21). The summed E-state index contributed by atoms with van der Waals surface area (Å²) in [5, 5.41) is 11.8. The Morgan fingerprint density at radius 1 is 1.19 bits per heavy atom. The molecule has 2 N–H and O–H groups in total. The number of carboxylic acid groups (broad SMARTS) is 1. The van der Waals surface area contributed by atoms with E-state index in [1.54, 1.807) is 24.3 Å². The van der Waals surface area contributed by atoms with E-state index >= 15 is 0 Å². The first-order valence-electron chi connectivity index (χ1n) is 7.11. The molecule has 5 heteroatoms. The molecule has 0 radical (unpaired) electrons. The number of rotatable bonds is 7. The summed E-state index contributed by atoms with van der Waals surface area (Å²) in [6, 6.07) is 6.48. The highest BCUT2D eigenvalue weighted by Gasteiger charge is 2.18. The lowest BCUT2D eigenvalue weighted by Gasteiger charge is -2.24. The van der Waals surface area contributed by atoms with E-state index in [0.29, 0.717) is 19.0 Å². The van der Waals surface area contributed by atoms with Gasteiger partial charge in [-0.1, -0.05) is 26.0 Å². The van der Waals surface area contributed by atoms with Crippen LogP contribution in [-0.4, -0.2) is 41.5 Å². The predicted octanol–water partition coefficient (Wildman–Crippen LogP) is 1.98. The van der Waals surface area contributed by atoms with Crippen LogP contribution in [-0.2, 0) is 11.3 Å². The fourth-order valence-corrected chi connectivity index (χ4v) is 1.83. The normalized spacial score (nSPS) is 12.5. The van der Waals surface area contributed by atoms with E-state index in [-0.39, 0.29) is 17.5 Å². The molecule has 0 aliphatic heterocycles. The van der Waals surface area contributed by atoms with Crippen LogP contribution in [0.3, 0.4) is 0 Å². The van der Waals surface area contributed by atoms with Crippen LogP contribution >= 0.6 is 0 Å². The number of likely N-dealkylation sites (N-methyl/N-ethyl adjacent to an activating group) is 1. The second-order valence-electron chi connectivity index (χ2n) is 5.73. The Labute approximate surface area is 126 Å². The van der Waals surface area contributed by atoms with Crippen molar-refractivity contribution < 1.29 is 14.7 Å². The zero-order valence-electron chi connectivity index (χ0n) is 13.1. The molecule has 1 aromatic rings. The zero-order chi connectivity index (χ0) is 16.0. The van der Waals surface area contributed by atoms with Crippen molar-refractivity contribution in [1.82, 2.24) is 10.2 Å². The number of aromatic carboxylic acids is 1. The molecule has 0 saturated carbocycles. The number of carbonyl (C=O) groups excluding carboxylic acids is 1. The van der Waals surface area contributed by atoms with Gasteiger partial charge in [-0.3, -0.25) is 9.69 Å². The number of hydrogen-bond donors (Lipinski definition) is 2. The molecule has 21 heavy (non-hydrogen) atoms. The number of carbonyl (C=O) groups is 2.